The topological polar surface area (TPSA) is 19.7 Å². The first-order valence-electron chi connectivity index (χ1n) is 2.02. The summed E-state index contributed by atoms with van der Waals surface area (Å²) in [5.74, 6) is 0. The fourth-order valence-electron chi connectivity index (χ4n) is 0.403. The normalized spacial score (nSPS) is 9.29. The Balaban J connectivity index is 2.76. The lowest BCUT2D eigenvalue weighted by Crippen LogP contribution is -2.31. The summed E-state index contributed by atoms with van der Waals surface area (Å²) in [6.07, 6.45) is 3.69. The summed E-state index contributed by atoms with van der Waals surface area (Å²) >= 11 is 5.40. The van der Waals surface area contributed by atoms with Gasteiger partial charge in [-0.05, 0) is 11.6 Å². The van der Waals surface area contributed by atoms with E-state index in [0.717, 1.165) is 0 Å². The maximum absolute atomic E-state index is 5.40. The molecule has 38 valence electrons. The van der Waals surface area contributed by atoms with Crippen LogP contribution in [0.5, 0.6) is 0 Å². The van der Waals surface area contributed by atoms with E-state index in [0.29, 0.717) is 6.00 Å². The molecule has 3 heteroatoms. The van der Waals surface area contributed by atoms with Gasteiger partial charge < -0.3 is 0 Å². The third-order valence-electron chi connectivity index (χ3n) is 0.731. The summed E-state index contributed by atoms with van der Waals surface area (Å²) in [7, 11) is 0. The Morgan fingerprint density at radius 2 is 2.57 bits per heavy atom. The molecule has 0 aliphatic carbocycles. The highest BCUT2D eigenvalue weighted by Gasteiger charge is 1.89. The average Bonchev–Trinajstić information content (AvgIpc) is 2.14. The first kappa shape index (κ1) is 4.65. The number of hydrogen-bond donors (Lipinski definition) is 1. The van der Waals surface area contributed by atoms with E-state index < -0.39 is 0 Å². The van der Waals surface area contributed by atoms with Crippen molar-refractivity contribution < 1.29 is 4.68 Å². The highest BCUT2D eigenvalue weighted by Crippen LogP contribution is 1.72. The van der Waals surface area contributed by atoms with Crippen LogP contribution < -0.4 is 4.68 Å². The fourth-order valence-corrected chi connectivity index (χ4v) is 0.552. The van der Waals surface area contributed by atoms with Crippen LogP contribution >= 0.6 is 11.6 Å². The van der Waals surface area contributed by atoms with E-state index in [4.69, 9.17) is 11.6 Å². The first-order valence-corrected chi connectivity index (χ1v) is 2.56. The van der Waals surface area contributed by atoms with Crippen molar-refractivity contribution in [2.75, 3.05) is 0 Å². The van der Waals surface area contributed by atoms with Gasteiger partial charge in [0.15, 0.2) is 6.20 Å². The third kappa shape index (κ3) is 0.933. The van der Waals surface area contributed by atoms with Gasteiger partial charge in [-0.1, -0.05) is 0 Å². The molecular weight excluding hydrogens is 112 g/mol. The van der Waals surface area contributed by atoms with E-state index in [1.807, 2.05) is 18.5 Å². The minimum absolute atomic E-state index is 0.493. The zero-order chi connectivity index (χ0) is 5.11. The Morgan fingerprint density at radius 1 is 1.71 bits per heavy atom. The van der Waals surface area contributed by atoms with Crippen LogP contribution in [-0.2, 0) is 6.00 Å². The lowest BCUT2D eigenvalue weighted by molar-refractivity contribution is -0.733. The zero-order valence-electron chi connectivity index (χ0n) is 3.76. The molecule has 0 amide bonds. The van der Waals surface area contributed by atoms with E-state index in [9.17, 15) is 0 Å². The van der Waals surface area contributed by atoms with Gasteiger partial charge in [0.2, 0.25) is 6.00 Å². The summed E-state index contributed by atoms with van der Waals surface area (Å²) in [4.78, 5) is 0. The molecule has 7 heavy (non-hydrogen) atoms. The first-order chi connectivity index (χ1) is 3.43. The second kappa shape index (κ2) is 1.98. The van der Waals surface area contributed by atoms with Gasteiger partial charge in [-0.2, -0.15) is 5.10 Å². The van der Waals surface area contributed by atoms with Crippen molar-refractivity contribution >= 4 is 11.6 Å². The lowest BCUT2D eigenvalue weighted by Gasteiger charge is -1.73. The molecule has 1 rings (SSSR count). The summed E-state index contributed by atoms with van der Waals surface area (Å²) in [6.45, 7) is 0. The molecule has 1 N–H and O–H groups in total. The second-order valence-electron chi connectivity index (χ2n) is 1.23. The molecule has 0 spiro atoms. The molecule has 0 saturated carbocycles. The number of H-pyrrole nitrogens is 1. The smallest absolute Gasteiger partial charge is 0.172 e. The molecule has 0 radical (unpaired) electrons. The number of nitrogens with zero attached hydrogens (tertiary/aromatic N) is 1. The Labute approximate surface area is 46.7 Å². The van der Waals surface area contributed by atoms with Crippen molar-refractivity contribution in [2.45, 2.75) is 6.00 Å². The van der Waals surface area contributed by atoms with E-state index in [1.54, 1.807) is 4.68 Å². The van der Waals surface area contributed by atoms with E-state index in [1.165, 1.54) is 0 Å². The summed E-state index contributed by atoms with van der Waals surface area (Å²) in [5.41, 5.74) is 0. The fraction of sp³-hybridized carbons (Fsp3) is 0.250. The molecule has 0 saturated heterocycles. The van der Waals surface area contributed by atoms with Crippen molar-refractivity contribution in [2.24, 2.45) is 0 Å². The predicted molar refractivity (Wildman–Crippen MR) is 26.8 cm³/mol. The Kier molecular flexibility index (Phi) is 1.32. The Bertz CT molecular complexity index is 124. The van der Waals surface area contributed by atoms with Crippen LogP contribution in [0.4, 0.5) is 0 Å². The number of hydrogen-bond acceptors (Lipinski definition) is 0. The van der Waals surface area contributed by atoms with Crippen LogP contribution in [0.1, 0.15) is 0 Å². The minimum Gasteiger partial charge on any atom is -0.172 e. The third-order valence-corrected chi connectivity index (χ3v) is 0.989. The SMILES string of the molecule is ClC[n+]1ccc[nH]1. The number of aromatic nitrogens is 2. The molecule has 1 aromatic rings. The number of halogens is 1. The van der Waals surface area contributed by atoms with Crippen LogP contribution in [-0.4, -0.2) is 5.10 Å². The molecule has 0 fully saturated rings. The average molecular weight is 118 g/mol. The molecular formula is C4H6ClN2+. The van der Waals surface area contributed by atoms with Crippen molar-refractivity contribution in [3.05, 3.63) is 18.5 Å². The van der Waals surface area contributed by atoms with E-state index in [-0.39, 0.29) is 0 Å². The number of alkyl halides is 1. The monoisotopic (exact) mass is 117 g/mol. The van der Waals surface area contributed by atoms with E-state index >= 15 is 0 Å². The summed E-state index contributed by atoms with van der Waals surface area (Å²) in [5, 5.41) is 2.87. The van der Waals surface area contributed by atoms with Crippen molar-refractivity contribution in [3.63, 3.8) is 0 Å². The minimum atomic E-state index is 0.493. The van der Waals surface area contributed by atoms with Gasteiger partial charge in [-0.3, -0.25) is 0 Å². The molecule has 1 heterocycles. The molecule has 0 aliphatic heterocycles. The second-order valence-corrected chi connectivity index (χ2v) is 1.47. The summed E-state index contributed by atoms with van der Waals surface area (Å²) < 4.78 is 1.77. The van der Waals surface area contributed by atoms with Crippen LogP contribution in [0.2, 0.25) is 0 Å². The number of nitrogens with one attached hydrogen (secondary N) is 1. The van der Waals surface area contributed by atoms with Gasteiger partial charge in [0.05, 0.1) is 6.20 Å². The maximum Gasteiger partial charge on any atom is 0.246 e. The highest BCUT2D eigenvalue weighted by atomic mass is 35.5. The Hall–Kier alpha value is -0.500. The van der Waals surface area contributed by atoms with Gasteiger partial charge in [0.25, 0.3) is 0 Å². The molecule has 0 aromatic carbocycles. The summed E-state index contributed by atoms with van der Waals surface area (Å²) in [6, 6.07) is 2.38. The van der Waals surface area contributed by atoms with Crippen LogP contribution in [0, 0.1) is 0 Å². The predicted octanol–water partition coefficient (Wildman–Crippen LogP) is 0.498. The highest BCUT2D eigenvalue weighted by molar-refractivity contribution is 6.14. The van der Waals surface area contributed by atoms with Crippen LogP contribution in [0.3, 0.4) is 0 Å². The molecule has 2 nitrogen and oxygen atoms in total. The van der Waals surface area contributed by atoms with Crippen LogP contribution in [0.15, 0.2) is 18.5 Å². The molecule has 0 bridgehead atoms. The van der Waals surface area contributed by atoms with Crippen molar-refractivity contribution in [3.8, 4) is 0 Å². The van der Waals surface area contributed by atoms with Gasteiger partial charge in [-0.15, -0.1) is 4.68 Å². The van der Waals surface area contributed by atoms with Crippen molar-refractivity contribution in [1.82, 2.24) is 5.10 Å². The van der Waals surface area contributed by atoms with E-state index in [2.05, 4.69) is 5.10 Å². The number of rotatable bonds is 1. The molecule has 0 aliphatic rings. The van der Waals surface area contributed by atoms with Crippen molar-refractivity contribution in [1.29, 1.82) is 0 Å². The van der Waals surface area contributed by atoms with Gasteiger partial charge in [0.1, 0.15) is 0 Å². The standard InChI is InChI=1S/C4H5ClN2/c5-4-7-3-1-2-6-7/h1-3H,4H2/p+1. The molecule has 0 atom stereocenters. The van der Waals surface area contributed by atoms with Crippen LogP contribution in [0.25, 0.3) is 0 Å². The number of aromatic amines is 1. The molecule has 0 unspecified atom stereocenters. The van der Waals surface area contributed by atoms with Gasteiger partial charge >= 0.3 is 0 Å². The maximum atomic E-state index is 5.40. The zero-order valence-corrected chi connectivity index (χ0v) is 4.52. The molecule has 1 aromatic heterocycles. The van der Waals surface area contributed by atoms with Gasteiger partial charge in [-0.25, -0.2) is 0 Å². The largest absolute Gasteiger partial charge is 0.246 e. The Morgan fingerprint density at radius 3 is 2.86 bits per heavy atom. The quantitative estimate of drug-likeness (QED) is 0.408. The lowest BCUT2D eigenvalue weighted by atomic mass is 10.8. The van der Waals surface area contributed by atoms with Gasteiger partial charge in [0, 0.05) is 6.07 Å².